The molecule has 4 saturated carbocycles. The number of rotatable bonds is 1. The summed E-state index contributed by atoms with van der Waals surface area (Å²) in [5.74, 6) is 4.27. The van der Waals surface area contributed by atoms with Crippen molar-refractivity contribution in [2.45, 2.75) is 38.0 Å². The van der Waals surface area contributed by atoms with Gasteiger partial charge in [0.05, 0.1) is 0 Å². The Kier molecular flexibility index (Phi) is 2.24. The third-order valence-corrected chi connectivity index (χ3v) is 5.53. The van der Waals surface area contributed by atoms with Crippen molar-refractivity contribution >= 4 is 0 Å². The van der Waals surface area contributed by atoms with Gasteiger partial charge in [-0.3, -0.25) is 0 Å². The molecular weight excluding hydrogens is 220 g/mol. The van der Waals surface area contributed by atoms with E-state index in [2.05, 4.69) is 17.1 Å². The largest absolute Gasteiger partial charge is 0.245 e. The molecule has 4 aliphatic carbocycles. The summed E-state index contributed by atoms with van der Waals surface area (Å²) < 4.78 is 0. The highest BCUT2D eigenvalue weighted by Gasteiger charge is 2.49. The van der Waals surface area contributed by atoms with E-state index in [1.165, 1.54) is 37.7 Å². The fraction of sp³-hybridized carbons (Fsp3) is 0.625. The second-order valence-corrected chi connectivity index (χ2v) is 6.51. The smallest absolute Gasteiger partial charge is 0.143 e. The minimum absolute atomic E-state index is 0.626. The van der Waals surface area contributed by atoms with Gasteiger partial charge in [-0.2, -0.15) is 5.26 Å². The van der Waals surface area contributed by atoms with Gasteiger partial charge >= 0.3 is 0 Å². The summed E-state index contributed by atoms with van der Waals surface area (Å²) in [5, 5.41) is 9.26. The van der Waals surface area contributed by atoms with Gasteiger partial charge < -0.3 is 0 Å². The average Bonchev–Trinajstić information content (AvgIpc) is 2.38. The minimum Gasteiger partial charge on any atom is -0.245 e. The monoisotopic (exact) mass is 238 g/mol. The SMILES string of the molecule is N#Cc1ncccc1C1C2CC3CC(C2)CC1C3. The second kappa shape index (κ2) is 3.82. The first-order valence-electron chi connectivity index (χ1n) is 7.20. The Hall–Kier alpha value is -1.36. The molecule has 4 fully saturated rings. The molecule has 1 heterocycles. The molecule has 0 saturated heterocycles. The third kappa shape index (κ3) is 1.43. The Labute approximate surface area is 108 Å². The van der Waals surface area contributed by atoms with E-state index in [-0.39, 0.29) is 0 Å². The van der Waals surface area contributed by atoms with E-state index in [9.17, 15) is 5.26 Å². The Morgan fingerprint density at radius 3 is 2.33 bits per heavy atom. The van der Waals surface area contributed by atoms with Gasteiger partial charge in [0.25, 0.3) is 0 Å². The van der Waals surface area contributed by atoms with E-state index in [4.69, 9.17) is 0 Å². The van der Waals surface area contributed by atoms with E-state index in [0.29, 0.717) is 11.6 Å². The molecular formula is C16H18N2. The van der Waals surface area contributed by atoms with Crippen LogP contribution in [0.5, 0.6) is 0 Å². The van der Waals surface area contributed by atoms with Gasteiger partial charge in [-0.15, -0.1) is 0 Å². The first kappa shape index (κ1) is 10.6. The molecule has 0 spiro atoms. The molecule has 0 atom stereocenters. The van der Waals surface area contributed by atoms with Crippen LogP contribution in [0.25, 0.3) is 0 Å². The zero-order valence-electron chi connectivity index (χ0n) is 10.5. The van der Waals surface area contributed by atoms with Crippen LogP contribution >= 0.6 is 0 Å². The summed E-state index contributed by atoms with van der Waals surface area (Å²) in [4.78, 5) is 4.27. The molecule has 4 bridgehead atoms. The first-order chi connectivity index (χ1) is 8.85. The summed E-state index contributed by atoms with van der Waals surface area (Å²) in [6.45, 7) is 0. The van der Waals surface area contributed by atoms with Crippen LogP contribution in [-0.2, 0) is 0 Å². The highest BCUT2D eigenvalue weighted by Crippen LogP contribution is 2.59. The van der Waals surface area contributed by atoms with Gasteiger partial charge in [0.1, 0.15) is 11.8 Å². The lowest BCUT2D eigenvalue weighted by Gasteiger charge is -2.54. The summed E-state index contributed by atoms with van der Waals surface area (Å²) in [7, 11) is 0. The number of nitriles is 1. The van der Waals surface area contributed by atoms with Crippen LogP contribution in [0.1, 0.15) is 49.3 Å². The standard InChI is InChI=1S/C16H18N2/c17-9-15-14(2-1-3-18-15)16-12-5-10-4-11(7-12)8-13(16)6-10/h1-3,10-13,16H,4-8H2. The van der Waals surface area contributed by atoms with Crippen molar-refractivity contribution in [3.8, 4) is 6.07 Å². The first-order valence-corrected chi connectivity index (χ1v) is 7.20. The Bertz CT molecular complexity index is 486. The summed E-state index contributed by atoms with van der Waals surface area (Å²) in [6.07, 6.45) is 8.83. The highest BCUT2D eigenvalue weighted by atomic mass is 14.7. The van der Waals surface area contributed by atoms with Crippen molar-refractivity contribution < 1.29 is 0 Å². The van der Waals surface area contributed by atoms with Crippen LogP contribution in [0.2, 0.25) is 0 Å². The van der Waals surface area contributed by atoms with Crippen molar-refractivity contribution in [3.63, 3.8) is 0 Å². The second-order valence-electron chi connectivity index (χ2n) is 6.51. The van der Waals surface area contributed by atoms with Crippen LogP contribution < -0.4 is 0 Å². The fourth-order valence-corrected chi connectivity index (χ4v) is 5.21. The lowest BCUT2D eigenvalue weighted by atomic mass is 9.50. The maximum absolute atomic E-state index is 9.26. The van der Waals surface area contributed by atoms with E-state index in [1.807, 2.05) is 6.07 Å². The zero-order chi connectivity index (χ0) is 12.1. The van der Waals surface area contributed by atoms with Gasteiger partial charge in [-0.05, 0) is 73.3 Å². The quantitative estimate of drug-likeness (QED) is 0.751. The Morgan fingerprint density at radius 2 is 1.72 bits per heavy atom. The summed E-state index contributed by atoms with van der Waals surface area (Å²) in [5.41, 5.74) is 1.92. The number of hydrogen-bond acceptors (Lipinski definition) is 2. The van der Waals surface area contributed by atoms with E-state index in [0.717, 1.165) is 23.7 Å². The van der Waals surface area contributed by atoms with E-state index >= 15 is 0 Å². The molecule has 92 valence electrons. The molecule has 0 aromatic carbocycles. The maximum atomic E-state index is 9.26. The molecule has 5 rings (SSSR count). The molecule has 0 amide bonds. The summed E-state index contributed by atoms with van der Waals surface area (Å²) >= 11 is 0. The summed E-state index contributed by atoms with van der Waals surface area (Å²) in [6, 6.07) is 6.45. The highest BCUT2D eigenvalue weighted by molar-refractivity contribution is 5.35. The van der Waals surface area contributed by atoms with Crippen molar-refractivity contribution in [3.05, 3.63) is 29.6 Å². The number of hydrogen-bond donors (Lipinski definition) is 0. The molecule has 18 heavy (non-hydrogen) atoms. The molecule has 0 N–H and O–H groups in total. The maximum Gasteiger partial charge on any atom is 0.143 e. The molecule has 1 aromatic rings. The van der Waals surface area contributed by atoms with Crippen molar-refractivity contribution in [1.82, 2.24) is 4.98 Å². The molecule has 2 nitrogen and oxygen atoms in total. The van der Waals surface area contributed by atoms with E-state index in [1.54, 1.807) is 6.20 Å². The predicted molar refractivity (Wildman–Crippen MR) is 68.7 cm³/mol. The molecule has 1 aromatic heterocycles. The van der Waals surface area contributed by atoms with Crippen LogP contribution in [0.15, 0.2) is 18.3 Å². The molecule has 2 heteroatoms. The van der Waals surface area contributed by atoms with Crippen LogP contribution in [0.3, 0.4) is 0 Å². The van der Waals surface area contributed by atoms with Crippen LogP contribution in [0.4, 0.5) is 0 Å². The molecule has 0 aliphatic heterocycles. The van der Waals surface area contributed by atoms with Gasteiger partial charge in [0.2, 0.25) is 0 Å². The van der Waals surface area contributed by atoms with Crippen molar-refractivity contribution in [2.75, 3.05) is 0 Å². The van der Waals surface area contributed by atoms with Crippen LogP contribution in [-0.4, -0.2) is 4.98 Å². The predicted octanol–water partition coefficient (Wildman–Crippen LogP) is 3.49. The normalized spacial score (nSPS) is 40.7. The lowest BCUT2D eigenvalue weighted by Crippen LogP contribution is -2.44. The van der Waals surface area contributed by atoms with Gasteiger partial charge in [-0.1, -0.05) is 6.07 Å². The minimum atomic E-state index is 0.626. The van der Waals surface area contributed by atoms with Crippen molar-refractivity contribution in [1.29, 1.82) is 5.26 Å². The average molecular weight is 238 g/mol. The van der Waals surface area contributed by atoms with E-state index < -0.39 is 0 Å². The number of pyridine rings is 1. The van der Waals surface area contributed by atoms with Crippen molar-refractivity contribution in [2.24, 2.45) is 23.7 Å². The number of aromatic nitrogens is 1. The fourth-order valence-electron chi connectivity index (χ4n) is 5.21. The Morgan fingerprint density at radius 1 is 1.06 bits per heavy atom. The molecule has 0 unspecified atom stereocenters. The van der Waals surface area contributed by atoms with Gasteiger partial charge in [0.15, 0.2) is 0 Å². The molecule has 4 aliphatic rings. The Balaban J connectivity index is 1.75. The van der Waals surface area contributed by atoms with Gasteiger partial charge in [-0.25, -0.2) is 4.98 Å². The van der Waals surface area contributed by atoms with Crippen LogP contribution in [0, 0.1) is 35.0 Å². The topological polar surface area (TPSA) is 36.7 Å². The lowest BCUT2D eigenvalue weighted by molar-refractivity contribution is -0.00297. The molecule has 0 radical (unpaired) electrons. The third-order valence-electron chi connectivity index (χ3n) is 5.53. The number of nitrogens with zero attached hydrogens (tertiary/aromatic N) is 2. The van der Waals surface area contributed by atoms with Gasteiger partial charge in [0, 0.05) is 6.20 Å². The zero-order valence-corrected chi connectivity index (χ0v) is 10.5.